The van der Waals surface area contributed by atoms with Gasteiger partial charge >= 0.3 is 5.97 Å². The number of halogens is 1. The average molecular weight is 376 g/mol. The molecule has 1 N–H and O–H groups in total. The second kappa shape index (κ2) is 9.25. The predicted molar refractivity (Wildman–Crippen MR) is 100 cm³/mol. The third-order valence-electron chi connectivity index (χ3n) is 3.54. The number of amides is 1. The quantitative estimate of drug-likeness (QED) is 0.738. The van der Waals surface area contributed by atoms with Crippen LogP contribution >= 0.6 is 11.6 Å². The third kappa shape index (κ3) is 6.08. The fourth-order valence-corrected chi connectivity index (χ4v) is 2.40. The van der Waals surface area contributed by atoms with Gasteiger partial charge in [0.2, 0.25) is 0 Å². The molecular weight excluding hydrogens is 354 g/mol. The van der Waals surface area contributed by atoms with Gasteiger partial charge in [0, 0.05) is 5.02 Å². The van der Waals surface area contributed by atoms with Crippen LogP contribution in [0.3, 0.4) is 0 Å². The monoisotopic (exact) mass is 375 g/mol. The van der Waals surface area contributed by atoms with E-state index in [4.69, 9.17) is 21.1 Å². The summed E-state index contributed by atoms with van der Waals surface area (Å²) in [6.07, 6.45) is 0.0547. The Morgan fingerprint density at radius 1 is 1.00 bits per heavy atom. The lowest BCUT2D eigenvalue weighted by Crippen LogP contribution is -2.31. The lowest BCUT2D eigenvalue weighted by atomic mass is 10.1. The zero-order chi connectivity index (χ0) is 19.1. The Bertz CT molecular complexity index is 741. The molecule has 2 aromatic carbocycles. The molecule has 0 aromatic heterocycles. The minimum absolute atomic E-state index is 0.0547. The van der Waals surface area contributed by atoms with Gasteiger partial charge in [-0.1, -0.05) is 23.7 Å². The van der Waals surface area contributed by atoms with Crippen molar-refractivity contribution < 1.29 is 19.1 Å². The van der Waals surface area contributed by atoms with Crippen molar-refractivity contribution in [1.29, 1.82) is 0 Å². The zero-order valence-corrected chi connectivity index (χ0v) is 15.7. The van der Waals surface area contributed by atoms with Crippen LogP contribution in [0.1, 0.15) is 42.7 Å². The van der Waals surface area contributed by atoms with Crippen LogP contribution in [0.5, 0.6) is 5.75 Å². The Morgan fingerprint density at radius 3 is 2.19 bits per heavy atom. The van der Waals surface area contributed by atoms with E-state index in [1.54, 1.807) is 36.4 Å². The largest absolute Gasteiger partial charge is 0.491 e. The zero-order valence-electron chi connectivity index (χ0n) is 15.0. The molecule has 0 heterocycles. The van der Waals surface area contributed by atoms with Crippen molar-refractivity contribution in [2.24, 2.45) is 0 Å². The molecule has 1 amide bonds. The molecule has 0 aliphatic carbocycles. The summed E-state index contributed by atoms with van der Waals surface area (Å²) in [5.74, 6) is -0.262. The SMILES string of the molecule is CC(C)Oc1ccc(C(=O)OCC(=O)N[C@H](C)c2ccc(Cl)cc2)cc1. The molecule has 2 rings (SSSR count). The summed E-state index contributed by atoms with van der Waals surface area (Å²) in [4.78, 5) is 24.0. The van der Waals surface area contributed by atoms with Crippen LogP contribution in [-0.2, 0) is 9.53 Å². The highest BCUT2D eigenvalue weighted by atomic mass is 35.5. The molecule has 0 bridgehead atoms. The van der Waals surface area contributed by atoms with Crippen LogP contribution in [0.4, 0.5) is 0 Å². The number of carbonyl (C=O) groups is 2. The van der Waals surface area contributed by atoms with Crippen LogP contribution in [0.2, 0.25) is 5.02 Å². The Hall–Kier alpha value is -2.53. The van der Waals surface area contributed by atoms with E-state index in [0.717, 1.165) is 5.56 Å². The van der Waals surface area contributed by atoms with Gasteiger partial charge in [-0.3, -0.25) is 4.79 Å². The maximum Gasteiger partial charge on any atom is 0.338 e. The highest BCUT2D eigenvalue weighted by Gasteiger charge is 2.13. The third-order valence-corrected chi connectivity index (χ3v) is 3.80. The molecule has 0 saturated heterocycles. The fraction of sp³-hybridized carbons (Fsp3) is 0.300. The number of hydrogen-bond donors (Lipinski definition) is 1. The van der Waals surface area contributed by atoms with Gasteiger partial charge < -0.3 is 14.8 Å². The van der Waals surface area contributed by atoms with Gasteiger partial charge in [-0.2, -0.15) is 0 Å². The number of rotatable bonds is 7. The molecule has 0 fully saturated rings. The molecule has 2 aromatic rings. The molecule has 5 nitrogen and oxygen atoms in total. The molecule has 0 spiro atoms. The summed E-state index contributed by atoms with van der Waals surface area (Å²) in [5.41, 5.74) is 1.27. The maximum atomic E-state index is 12.0. The summed E-state index contributed by atoms with van der Waals surface area (Å²) >= 11 is 5.85. The number of hydrogen-bond acceptors (Lipinski definition) is 4. The fourth-order valence-electron chi connectivity index (χ4n) is 2.27. The van der Waals surface area contributed by atoms with E-state index >= 15 is 0 Å². The molecular formula is C20H22ClNO4. The topological polar surface area (TPSA) is 64.6 Å². The van der Waals surface area contributed by atoms with Crippen LogP contribution in [-0.4, -0.2) is 24.6 Å². The molecule has 1 atom stereocenters. The Balaban J connectivity index is 1.82. The van der Waals surface area contributed by atoms with Crippen LogP contribution in [0.15, 0.2) is 48.5 Å². The summed E-state index contributed by atoms with van der Waals surface area (Å²) < 4.78 is 10.6. The molecule has 26 heavy (non-hydrogen) atoms. The second-order valence-corrected chi connectivity index (χ2v) is 6.54. The van der Waals surface area contributed by atoms with Gasteiger partial charge in [-0.25, -0.2) is 4.79 Å². The van der Waals surface area contributed by atoms with Crippen LogP contribution in [0.25, 0.3) is 0 Å². The first-order valence-corrected chi connectivity index (χ1v) is 8.71. The van der Waals surface area contributed by atoms with E-state index in [9.17, 15) is 9.59 Å². The average Bonchev–Trinajstić information content (AvgIpc) is 2.60. The van der Waals surface area contributed by atoms with E-state index in [0.29, 0.717) is 16.3 Å². The Labute approximate surface area is 158 Å². The standard InChI is InChI=1S/C20H22ClNO4/c1-13(2)26-18-10-6-16(7-11-18)20(24)25-12-19(23)22-14(3)15-4-8-17(21)9-5-15/h4-11,13-14H,12H2,1-3H3,(H,22,23)/t14-/m1/s1. The van der Waals surface area contributed by atoms with Crippen LogP contribution < -0.4 is 10.1 Å². The van der Waals surface area contributed by atoms with Gasteiger partial charge in [0.05, 0.1) is 17.7 Å². The van der Waals surface area contributed by atoms with Crippen molar-refractivity contribution in [2.45, 2.75) is 32.9 Å². The normalized spacial score (nSPS) is 11.7. The maximum absolute atomic E-state index is 12.0. The smallest absolute Gasteiger partial charge is 0.338 e. The first-order valence-electron chi connectivity index (χ1n) is 8.34. The van der Waals surface area contributed by atoms with Crippen molar-refractivity contribution in [2.75, 3.05) is 6.61 Å². The van der Waals surface area contributed by atoms with Crippen LogP contribution in [0, 0.1) is 0 Å². The summed E-state index contributed by atoms with van der Waals surface area (Å²) in [6, 6.07) is 13.6. The van der Waals surface area contributed by atoms with Crippen molar-refractivity contribution in [1.82, 2.24) is 5.32 Å². The van der Waals surface area contributed by atoms with Crippen molar-refractivity contribution >= 4 is 23.5 Å². The van der Waals surface area contributed by atoms with Gasteiger partial charge in [-0.05, 0) is 62.7 Å². The number of carbonyl (C=O) groups excluding carboxylic acids is 2. The summed E-state index contributed by atoms with van der Waals surface area (Å²) in [7, 11) is 0. The Morgan fingerprint density at radius 2 is 1.62 bits per heavy atom. The van der Waals surface area contributed by atoms with Gasteiger partial charge in [0.25, 0.3) is 5.91 Å². The molecule has 0 radical (unpaired) electrons. The highest BCUT2D eigenvalue weighted by Crippen LogP contribution is 2.16. The van der Waals surface area contributed by atoms with Crippen molar-refractivity contribution in [3.05, 3.63) is 64.7 Å². The van der Waals surface area contributed by atoms with E-state index < -0.39 is 5.97 Å². The van der Waals surface area contributed by atoms with E-state index in [2.05, 4.69) is 5.32 Å². The van der Waals surface area contributed by atoms with Gasteiger partial charge in [0.1, 0.15) is 5.75 Å². The van der Waals surface area contributed by atoms with E-state index in [1.807, 2.05) is 32.9 Å². The molecule has 0 saturated carbocycles. The summed E-state index contributed by atoms with van der Waals surface area (Å²) in [6.45, 7) is 5.34. The highest BCUT2D eigenvalue weighted by molar-refractivity contribution is 6.30. The second-order valence-electron chi connectivity index (χ2n) is 6.11. The van der Waals surface area contributed by atoms with Crippen molar-refractivity contribution in [3.8, 4) is 5.75 Å². The minimum atomic E-state index is -0.560. The number of benzene rings is 2. The van der Waals surface area contributed by atoms with Gasteiger partial charge in [-0.15, -0.1) is 0 Å². The molecule has 0 aliphatic rings. The van der Waals surface area contributed by atoms with E-state index in [-0.39, 0.29) is 24.7 Å². The number of nitrogens with one attached hydrogen (secondary N) is 1. The lowest BCUT2D eigenvalue weighted by molar-refractivity contribution is -0.124. The first kappa shape index (κ1) is 19.8. The minimum Gasteiger partial charge on any atom is -0.491 e. The first-order chi connectivity index (χ1) is 12.3. The molecule has 0 aliphatic heterocycles. The van der Waals surface area contributed by atoms with E-state index in [1.165, 1.54) is 0 Å². The predicted octanol–water partition coefficient (Wildman–Crippen LogP) is 4.16. The van der Waals surface area contributed by atoms with Crippen molar-refractivity contribution in [3.63, 3.8) is 0 Å². The van der Waals surface area contributed by atoms with Gasteiger partial charge in [0.15, 0.2) is 6.61 Å². The summed E-state index contributed by atoms with van der Waals surface area (Å²) in [5, 5.41) is 3.40. The number of esters is 1. The Kier molecular flexibility index (Phi) is 7.04. The molecule has 138 valence electrons. The molecule has 0 unspecified atom stereocenters. The molecule has 6 heteroatoms. The lowest BCUT2D eigenvalue weighted by Gasteiger charge is -2.14. The number of ether oxygens (including phenoxy) is 2.